The van der Waals surface area contributed by atoms with Crippen LogP contribution in [0.15, 0.2) is 48.8 Å². The number of nitrogens with zero attached hydrogens (tertiary/aromatic N) is 1. The quantitative estimate of drug-likeness (QED) is 0.847. The third-order valence-electron chi connectivity index (χ3n) is 4.36. The highest BCUT2D eigenvalue weighted by molar-refractivity contribution is 7.99. The van der Waals surface area contributed by atoms with Gasteiger partial charge in [-0.2, -0.15) is 0 Å². The SMILES string of the molecule is O=C(CSCc1cccnc1)NCC1(O)CCCc2ccccc21. The Morgan fingerprint density at radius 2 is 2.17 bits per heavy atom. The molecule has 1 unspecified atom stereocenters. The standard InChI is InChI=1S/C19H22N2O2S/c22-18(13-24-12-15-5-4-10-20-11-15)21-14-19(23)9-3-7-16-6-1-2-8-17(16)19/h1-2,4-6,8,10-11,23H,3,7,9,12-14H2,(H,21,22). The molecule has 2 aromatic rings. The van der Waals surface area contributed by atoms with Crippen LogP contribution in [0.1, 0.15) is 29.5 Å². The van der Waals surface area contributed by atoms with Gasteiger partial charge in [0.2, 0.25) is 5.91 Å². The molecule has 1 aliphatic carbocycles. The van der Waals surface area contributed by atoms with Gasteiger partial charge in [-0.3, -0.25) is 9.78 Å². The van der Waals surface area contributed by atoms with Crippen LogP contribution in [0.25, 0.3) is 0 Å². The first-order valence-corrected chi connectivity index (χ1v) is 9.37. The number of nitrogens with one attached hydrogen (secondary N) is 1. The van der Waals surface area contributed by atoms with E-state index in [4.69, 9.17) is 0 Å². The number of hydrogen-bond donors (Lipinski definition) is 2. The lowest BCUT2D eigenvalue weighted by molar-refractivity contribution is -0.120. The van der Waals surface area contributed by atoms with Crippen molar-refractivity contribution in [3.8, 4) is 0 Å². The molecule has 1 aromatic carbocycles. The van der Waals surface area contributed by atoms with Crippen molar-refractivity contribution in [3.63, 3.8) is 0 Å². The summed E-state index contributed by atoms with van der Waals surface area (Å²) >= 11 is 1.55. The van der Waals surface area contributed by atoms with Gasteiger partial charge in [0.15, 0.2) is 0 Å². The summed E-state index contributed by atoms with van der Waals surface area (Å²) in [5.41, 5.74) is 2.31. The number of aryl methyl sites for hydroxylation is 1. The Bertz CT molecular complexity index is 693. The molecule has 0 bridgehead atoms. The van der Waals surface area contributed by atoms with Crippen molar-refractivity contribution in [1.29, 1.82) is 0 Å². The van der Waals surface area contributed by atoms with E-state index in [1.165, 1.54) is 5.56 Å². The molecule has 1 heterocycles. The van der Waals surface area contributed by atoms with Gasteiger partial charge in [0, 0.05) is 18.1 Å². The number of carbonyl (C=O) groups excluding carboxylic acids is 1. The van der Waals surface area contributed by atoms with Crippen LogP contribution < -0.4 is 5.32 Å². The molecule has 1 aromatic heterocycles. The number of pyridine rings is 1. The van der Waals surface area contributed by atoms with Crippen molar-refractivity contribution in [2.75, 3.05) is 12.3 Å². The summed E-state index contributed by atoms with van der Waals surface area (Å²) in [4.78, 5) is 16.1. The molecule has 1 amide bonds. The molecule has 1 atom stereocenters. The first-order valence-electron chi connectivity index (χ1n) is 8.21. The maximum Gasteiger partial charge on any atom is 0.230 e. The van der Waals surface area contributed by atoms with E-state index < -0.39 is 5.60 Å². The predicted octanol–water partition coefficient (Wildman–Crippen LogP) is 2.66. The molecule has 0 radical (unpaired) electrons. The smallest absolute Gasteiger partial charge is 0.230 e. The molecule has 24 heavy (non-hydrogen) atoms. The van der Waals surface area contributed by atoms with Crippen LogP contribution in [-0.4, -0.2) is 28.3 Å². The number of hydrogen-bond acceptors (Lipinski definition) is 4. The molecule has 0 aliphatic heterocycles. The van der Waals surface area contributed by atoms with Crippen LogP contribution in [0, 0.1) is 0 Å². The largest absolute Gasteiger partial charge is 0.383 e. The van der Waals surface area contributed by atoms with E-state index in [1.807, 2.05) is 36.5 Å². The number of rotatable bonds is 6. The van der Waals surface area contributed by atoms with Crippen molar-refractivity contribution in [2.24, 2.45) is 0 Å². The highest BCUT2D eigenvalue weighted by Crippen LogP contribution is 2.34. The number of amides is 1. The summed E-state index contributed by atoms with van der Waals surface area (Å²) in [5.74, 6) is 1.10. The topological polar surface area (TPSA) is 62.2 Å². The minimum Gasteiger partial charge on any atom is -0.383 e. The average molecular weight is 342 g/mol. The Morgan fingerprint density at radius 1 is 1.29 bits per heavy atom. The lowest BCUT2D eigenvalue weighted by Crippen LogP contribution is -2.43. The molecular formula is C19H22N2O2S. The van der Waals surface area contributed by atoms with Crippen LogP contribution in [0.2, 0.25) is 0 Å². The second kappa shape index (κ2) is 7.81. The second-order valence-electron chi connectivity index (χ2n) is 6.17. The van der Waals surface area contributed by atoms with Crippen LogP contribution in [-0.2, 0) is 22.6 Å². The number of carbonyl (C=O) groups is 1. The van der Waals surface area contributed by atoms with Gasteiger partial charge in [-0.1, -0.05) is 30.3 Å². The lowest BCUT2D eigenvalue weighted by Gasteiger charge is -2.34. The van der Waals surface area contributed by atoms with E-state index in [1.54, 1.807) is 18.0 Å². The van der Waals surface area contributed by atoms with Crippen LogP contribution >= 0.6 is 11.8 Å². The summed E-state index contributed by atoms with van der Waals surface area (Å²) in [6.45, 7) is 0.274. The second-order valence-corrected chi connectivity index (χ2v) is 7.16. The predicted molar refractivity (Wildman–Crippen MR) is 96.7 cm³/mol. The fourth-order valence-electron chi connectivity index (χ4n) is 3.12. The maximum atomic E-state index is 12.1. The van der Waals surface area contributed by atoms with Crippen molar-refractivity contribution >= 4 is 17.7 Å². The third-order valence-corrected chi connectivity index (χ3v) is 5.36. The summed E-state index contributed by atoms with van der Waals surface area (Å²) in [6, 6.07) is 11.9. The van der Waals surface area contributed by atoms with Crippen molar-refractivity contribution < 1.29 is 9.90 Å². The minimum absolute atomic E-state index is 0.0413. The van der Waals surface area contributed by atoms with E-state index in [-0.39, 0.29) is 12.5 Å². The maximum absolute atomic E-state index is 12.1. The molecule has 4 nitrogen and oxygen atoms in total. The molecule has 126 valence electrons. The van der Waals surface area contributed by atoms with Gasteiger partial charge in [0.1, 0.15) is 5.60 Å². The average Bonchev–Trinajstić information content (AvgIpc) is 2.62. The summed E-state index contributed by atoms with van der Waals surface area (Å²) < 4.78 is 0. The summed E-state index contributed by atoms with van der Waals surface area (Å²) in [6.07, 6.45) is 6.18. The molecule has 3 rings (SSSR count). The van der Waals surface area contributed by atoms with Gasteiger partial charge >= 0.3 is 0 Å². The van der Waals surface area contributed by atoms with E-state index >= 15 is 0 Å². The summed E-state index contributed by atoms with van der Waals surface area (Å²) in [5, 5.41) is 13.8. The number of benzene rings is 1. The summed E-state index contributed by atoms with van der Waals surface area (Å²) in [7, 11) is 0. The molecule has 5 heteroatoms. The zero-order valence-corrected chi connectivity index (χ0v) is 14.4. The van der Waals surface area contributed by atoms with Crippen molar-refractivity contribution in [3.05, 3.63) is 65.5 Å². The number of fused-ring (bicyclic) bond motifs is 1. The highest BCUT2D eigenvalue weighted by atomic mass is 32.2. The third kappa shape index (κ3) is 4.16. The molecule has 0 fully saturated rings. The zero-order valence-electron chi connectivity index (χ0n) is 13.6. The first kappa shape index (κ1) is 17.0. The minimum atomic E-state index is -0.946. The molecule has 0 saturated carbocycles. The Kier molecular flexibility index (Phi) is 5.53. The van der Waals surface area contributed by atoms with Gasteiger partial charge in [-0.05, 0) is 42.0 Å². The number of aromatic nitrogens is 1. The number of aliphatic hydroxyl groups is 1. The lowest BCUT2D eigenvalue weighted by atomic mass is 9.79. The van der Waals surface area contributed by atoms with Gasteiger partial charge < -0.3 is 10.4 Å². The first-order chi connectivity index (χ1) is 11.7. The number of thioether (sulfide) groups is 1. The van der Waals surface area contributed by atoms with E-state index in [9.17, 15) is 9.90 Å². The Hall–Kier alpha value is -1.85. The Morgan fingerprint density at radius 3 is 3.00 bits per heavy atom. The van der Waals surface area contributed by atoms with Crippen LogP contribution in [0.4, 0.5) is 0 Å². The fourth-order valence-corrected chi connectivity index (χ4v) is 3.92. The Labute approximate surface area is 146 Å². The molecular weight excluding hydrogens is 320 g/mol. The van der Waals surface area contributed by atoms with Crippen molar-refractivity contribution in [2.45, 2.75) is 30.6 Å². The van der Waals surface area contributed by atoms with E-state index in [2.05, 4.69) is 16.4 Å². The van der Waals surface area contributed by atoms with Gasteiger partial charge in [-0.15, -0.1) is 11.8 Å². The fraction of sp³-hybridized carbons (Fsp3) is 0.368. The van der Waals surface area contributed by atoms with Gasteiger partial charge in [-0.25, -0.2) is 0 Å². The van der Waals surface area contributed by atoms with Crippen LogP contribution in [0.5, 0.6) is 0 Å². The van der Waals surface area contributed by atoms with Gasteiger partial charge in [0.05, 0.1) is 12.3 Å². The highest BCUT2D eigenvalue weighted by Gasteiger charge is 2.34. The van der Waals surface area contributed by atoms with E-state index in [0.717, 1.165) is 29.7 Å². The van der Waals surface area contributed by atoms with E-state index in [0.29, 0.717) is 12.2 Å². The zero-order chi connectivity index (χ0) is 16.8. The normalized spacial score (nSPS) is 19.5. The molecule has 0 spiro atoms. The monoisotopic (exact) mass is 342 g/mol. The molecule has 1 aliphatic rings. The van der Waals surface area contributed by atoms with Crippen molar-refractivity contribution in [1.82, 2.24) is 10.3 Å². The van der Waals surface area contributed by atoms with Gasteiger partial charge in [0.25, 0.3) is 0 Å². The molecule has 2 N–H and O–H groups in total. The Balaban J connectivity index is 1.49. The van der Waals surface area contributed by atoms with Crippen LogP contribution in [0.3, 0.4) is 0 Å². The molecule has 0 saturated heterocycles.